The standard InChI is InChI=1S/C24H26N6O4S/c31-22(8-9-23(32)30-12-10-20(27-30)18-5-2-1-3-6-18)28-13-15-29(16-14-28)35(33,34)21-17-26-24-19(21)7-4-11-25-24/h1-7,11,17H,8-10,12-16H2,(H,25,26). The molecule has 0 unspecified atom stereocenters. The minimum atomic E-state index is -3.71. The van der Waals surface area contributed by atoms with E-state index in [1.807, 2.05) is 30.3 Å². The van der Waals surface area contributed by atoms with E-state index in [-0.39, 0.29) is 55.7 Å². The number of aromatic nitrogens is 2. The fraction of sp³-hybridized carbons (Fsp3) is 0.333. The van der Waals surface area contributed by atoms with Gasteiger partial charge in [0, 0.05) is 63.2 Å². The Balaban J connectivity index is 1.14. The molecular formula is C24H26N6O4S. The SMILES string of the molecule is O=C(CCC(=O)N1CCC(c2ccccc2)=N1)N1CCN(S(=O)(=O)c2c[nH]c3ncccc23)CC1. The van der Waals surface area contributed by atoms with Gasteiger partial charge in [0.15, 0.2) is 0 Å². The van der Waals surface area contributed by atoms with E-state index in [1.165, 1.54) is 15.5 Å². The molecule has 2 aliphatic rings. The van der Waals surface area contributed by atoms with Crippen LogP contribution in [0.2, 0.25) is 0 Å². The minimum absolute atomic E-state index is 0.0747. The lowest BCUT2D eigenvalue weighted by atomic mass is 10.1. The molecule has 5 rings (SSSR count). The van der Waals surface area contributed by atoms with Gasteiger partial charge in [-0.05, 0) is 17.7 Å². The van der Waals surface area contributed by atoms with Gasteiger partial charge in [-0.15, -0.1) is 0 Å². The Morgan fingerprint density at radius 2 is 1.66 bits per heavy atom. The number of amides is 2. The summed E-state index contributed by atoms with van der Waals surface area (Å²) in [6.07, 6.45) is 3.90. The van der Waals surface area contributed by atoms with Gasteiger partial charge in [-0.2, -0.15) is 9.41 Å². The molecule has 0 aliphatic carbocycles. The van der Waals surface area contributed by atoms with Gasteiger partial charge in [0.2, 0.25) is 21.8 Å². The van der Waals surface area contributed by atoms with Crippen molar-refractivity contribution >= 4 is 38.6 Å². The van der Waals surface area contributed by atoms with E-state index in [9.17, 15) is 18.0 Å². The Bertz CT molecular complexity index is 1380. The molecule has 1 aromatic carbocycles. The molecule has 4 heterocycles. The number of benzene rings is 1. The third kappa shape index (κ3) is 4.69. The molecule has 1 saturated heterocycles. The third-order valence-corrected chi connectivity index (χ3v) is 8.31. The number of pyridine rings is 1. The van der Waals surface area contributed by atoms with E-state index in [0.717, 1.165) is 11.3 Å². The number of hydrazone groups is 1. The van der Waals surface area contributed by atoms with E-state index in [2.05, 4.69) is 15.1 Å². The van der Waals surface area contributed by atoms with Crippen LogP contribution in [0.5, 0.6) is 0 Å². The van der Waals surface area contributed by atoms with Gasteiger partial charge in [-0.3, -0.25) is 9.59 Å². The average Bonchev–Trinajstić information content (AvgIpc) is 3.56. The van der Waals surface area contributed by atoms with E-state index in [1.54, 1.807) is 23.2 Å². The lowest BCUT2D eigenvalue weighted by Crippen LogP contribution is -2.50. The highest BCUT2D eigenvalue weighted by Crippen LogP contribution is 2.25. The number of nitrogens with one attached hydrogen (secondary N) is 1. The molecule has 0 spiro atoms. The van der Waals surface area contributed by atoms with Crippen molar-refractivity contribution in [1.29, 1.82) is 0 Å². The summed E-state index contributed by atoms with van der Waals surface area (Å²) >= 11 is 0. The molecule has 1 N–H and O–H groups in total. The van der Waals surface area contributed by atoms with Crippen LogP contribution in [0.15, 0.2) is 64.9 Å². The van der Waals surface area contributed by atoms with Crippen molar-refractivity contribution in [2.75, 3.05) is 32.7 Å². The number of nitrogens with zero attached hydrogens (tertiary/aromatic N) is 5. The molecule has 3 aromatic rings. The maximum atomic E-state index is 13.1. The van der Waals surface area contributed by atoms with Crippen LogP contribution in [0.1, 0.15) is 24.8 Å². The molecule has 2 aromatic heterocycles. The van der Waals surface area contributed by atoms with Crippen molar-refractivity contribution in [2.45, 2.75) is 24.2 Å². The number of aromatic amines is 1. The number of carbonyl (C=O) groups is 2. The van der Waals surface area contributed by atoms with Crippen molar-refractivity contribution in [3.05, 3.63) is 60.4 Å². The number of carbonyl (C=O) groups excluding carboxylic acids is 2. The van der Waals surface area contributed by atoms with Gasteiger partial charge >= 0.3 is 0 Å². The van der Waals surface area contributed by atoms with Crippen molar-refractivity contribution in [2.24, 2.45) is 5.10 Å². The summed E-state index contributed by atoms with van der Waals surface area (Å²) in [6.45, 7) is 1.48. The topological polar surface area (TPSA) is 119 Å². The molecular weight excluding hydrogens is 468 g/mol. The zero-order valence-corrected chi connectivity index (χ0v) is 19.9. The second-order valence-corrected chi connectivity index (χ2v) is 10.4. The van der Waals surface area contributed by atoms with Crippen molar-refractivity contribution < 1.29 is 18.0 Å². The molecule has 0 saturated carbocycles. The number of sulfonamides is 1. The molecule has 2 aliphatic heterocycles. The molecule has 0 bridgehead atoms. The maximum absolute atomic E-state index is 13.1. The molecule has 182 valence electrons. The zero-order valence-electron chi connectivity index (χ0n) is 19.1. The molecule has 35 heavy (non-hydrogen) atoms. The number of piperazine rings is 1. The van der Waals surface area contributed by atoms with Gasteiger partial charge in [0.1, 0.15) is 10.5 Å². The molecule has 10 nitrogen and oxygen atoms in total. The summed E-state index contributed by atoms with van der Waals surface area (Å²) in [7, 11) is -3.71. The lowest BCUT2D eigenvalue weighted by molar-refractivity contribution is -0.137. The van der Waals surface area contributed by atoms with Crippen LogP contribution in [0, 0.1) is 0 Å². The fourth-order valence-corrected chi connectivity index (χ4v) is 6.01. The number of rotatable bonds is 6. The Hall–Kier alpha value is -3.57. The van der Waals surface area contributed by atoms with Crippen molar-refractivity contribution in [3.63, 3.8) is 0 Å². The summed E-state index contributed by atoms with van der Waals surface area (Å²) in [6, 6.07) is 13.1. The van der Waals surface area contributed by atoms with E-state index >= 15 is 0 Å². The Morgan fingerprint density at radius 1 is 0.914 bits per heavy atom. The molecule has 2 amide bonds. The monoisotopic (exact) mass is 494 g/mol. The first-order valence-corrected chi connectivity index (χ1v) is 13.0. The molecule has 0 radical (unpaired) electrons. The van der Waals surface area contributed by atoms with Gasteiger partial charge in [0.05, 0.1) is 12.3 Å². The highest BCUT2D eigenvalue weighted by atomic mass is 32.2. The predicted molar refractivity (Wildman–Crippen MR) is 130 cm³/mol. The van der Waals surface area contributed by atoms with Crippen LogP contribution in [0.3, 0.4) is 0 Å². The summed E-state index contributed by atoms with van der Waals surface area (Å²) in [5.41, 5.74) is 2.38. The molecule has 0 atom stereocenters. The maximum Gasteiger partial charge on any atom is 0.245 e. The van der Waals surface area contributed by atoms with Crippen LogP contribution in [-0.4, -0.2) is 82.8 Å². The summed E-state index contributed by atoms with van der Waals surface area (Å²) in [5, 5.41) is 6.41. The van der Waals surface area contributed by atoms with Crippen molar-refractivity contribution in [1.82, 2.24) is 24.2 Å². The van der Waals surface area contributed by atoms with Crippen LogP contribution >= 0.6 is 0 Å². The van der Waals surface area contributed by atoms with Crippen LogP contribution in [0.4, 0.5) is 0 Å². The van der Waals surface area contributed by atoms with Crippen molar-refractivity contribution in [3.8, 4) is 0 Å². The first-order chi connectivity index (χ1) is 16.9. The predicted octanol–water partition coefficient (Wildman–Crippen LogP) is 1.81. The number of hydrogen-bond acceptors (Lipinski definition) is 6. The zero-order chi connectivity index (χ0) is 24.4. The quantitative estimate of drug-likeness (QED) is 0.561. The number of hydrogen-bond donors (Lipinski definition) is 1. The Labute approximate surface area is 203 Å². The smallest absolute Gasteiger partial charge is 0.245 e. The van der Waals surface area contributed by atoms with Gasteiger partial charge in [-0.25, -0.2) is 18.4 Å². The first-order valence-electron chi connectivity index (χ1n) is 11.6. The Kier molecular flexibility index (Phi) is 6.35. The largest absolute Gasteiger partial charge is 0.345 e. The normalized spacial score (nSPS) is 17.1. The van der Waals surface area contributed by atoms with E-state index in [0.29, 0.717) is 24.0 Å². The van der Waals surface area contributed by atoms with Crippen LogP contribution in [-0.2, 0) is 19.6 Å². The highest BCUT2D eigenvalue weighted by molar-refractivity contribution is 7.89. The number of fused-ring (bicyclic) bond motifs is 1. The fourth-order valence-electron chi connectivity index (χ4n) is 4.43. The van der Waals surface area contributed by atoms with Gasteiger partial charge < -0.3 is 9.88 Å². The van der Waals surface area contributed by atoms with E-state index in [4.69, 9.17) is 0 Å². The Morgan fingerprint density at radius 3 is 2.43 bits per heavy atom. The lowest BCUT2D eigenvalue weighted by Gasteiger charge is -2.34. The van der Waals surface area contributed by atoms with Crippen LogP contribution < -0.4 is 0 Å². The second kappa shape index (κ2) is 9.59. The van der Waals surface area contributed by atoms with Gasteiger partial charge in [-0.1, -0.05) is 30.3 Å². The van der Waals surface area contributed by atoms with Gasteiger partial charge in [0.25, 0.3) is 0 Å². The minimum Gasteiger partial charge on any atom is -0.345 e. The summed E-state index contributed by atoms with van der Waals surface area (Å²) in [5.74, 6) is -0.336. The summed E-state index contributed by atoms with van der Waals surface area (Å²) < 4.78 is 27.7. The first kappa shape index (κ1) is 23.2. The molecule has 11 heteroatoms. The molecule has 1 fully saturated rings. The summed E-state index contributed by atoms with van der Waals surface area (Å²) in [4.78, 5) is 34.1. The second-order valence-electron chi connectivity index (χ2n) is 8.52. The third-order valence-electron chi connectivity index (χ3n) is 6.37. The van der Waals surface area contributed by atoms with E-state index < -0.39 is 10.0 Å². The number of H-pyrrole nitrogens is 1. The van der Waals surface area contributed by atoms with Crippen LogP contribution in [0.25, 0.3) is 11.0 Å². The average molecular weight is 495 g/mol. The highest BCUT2D eigenvalue weighted by Gasteiger charge is 2.32.